The molecule has 0 aliphatic heterocycles. The number of hydrogen-bond acceptors (Lipinski definition) is 5. The van der Waals surface area contributed by atoms with Crippen LogP contribution in [0.5, 0.6) is 0 Å². The molecule has 5 heteroatoms. The molecule has 0 aliphatic carbocycles. The lowest BCUT2D eigenvalue weighted by Gasteiger charge is -1.93. The minimum Gasteiger partial charge on any atom is -0.446 e. The van der Waals surface area contributed by atoms with Crippen molar-refractivity contribution in [3.63, 3.8) is 0 Å². The minimum absolute atomic E-state index is 0.0872. The Kier molecular flexibility index (Phi) is 2.82. The fourth-order valence-electron chi connectivity index (χ4n) is 0.992. The molecule has 0 atom stereocenters. The zero-order chi connectivity index (χ0) is 10.7. The summed E-state index contributed by atoms with van der Waals surface area (Å²) in [6.07, 6.45) is 3.31. The van der Waals surface area contributed by atoms with Gasteiger partial charge in [-0.2, -0.15) is 0 Å². The van der Waals surface area contributed by atoms with Gasteiger partial charge in [0.05, 0.1) is 0 Å². The lowest BCUT2D eigenvalue weighted by Crippen LogP contribution is -1.86. The van der Waals surface area contributed by atoms with Crippen molar-refractivity contribution in [2.75, 3.05) is 0 Å². The van der Waals surface area contributed by atoms with Gasteiger partial charge < -0.3 is 4.42 Å². The van der Waals surface area contributed by atoms with Gasteiger partial charge in [0, 0.05) is 19.3 Å². The Labute approximate surface area is 90.7 Å². The Balaban J connectivity index is 2.15. The second-order valence-corrected chi connectivity index (χ2v) is 3.78. The van der Waals surface area contributed by atoms with E-state index in [1.165, 1.54) is 18.7 Å². The van der Waals surface area contributed by atoms with Gasteiger partial charge in [-0.1, -0.05) is 0 Å². The number of nitrogens with zero attached hydrogens (tertiary/aromatic N) is 2. The third-order valence-electron chi connectivity index (χ3n) is 1.66. The molecule has 0 unspecified atom stereocenters. The van der Waals surface area contributed by atoms with Gasteiger partial charge in [0.1, 0.15) is 0 Å². The van der Waals surface area contributed by atoms with E-state index in [4.69, 9.17) is 4.42 Å². The van der Waals surface area contributed by atoms with Crippen molar-refractivity contribution in [3.05, 3.63) is 36.4 Å². The smallest absolute Gasteiger partial charge is 0.195 e. The molecule has 0 radical (unpaired) electrons. The number of carbonyl (C=O) groups is 1. The molecule has 0 saturated heterocycles. The molecule has 2 aromatic heterocycles. The standard InChI is InChI=1S/C10H8N2O2S/c1-7(13)8-3-4-9(14-8)15-10-11-5-2-6-12-10/h2-6H,1H3. The molecule has 76 valence electrons. The van der Waals surface area contributed by atoms with Crippen LogP contribution in [0, 0.1) is 0 Å². The maximum Gasteiger partial charge on any atom is 0.195 e. The first kappa shape index (κ1) is 9.92. The lowest BCUT2D eigenvalue weighted by molar-refractivity contribution is 0.0982. The monoisotopic (exact) mass is 220 g/mol. The molecule has 0 bridgehead atoms. The lowest BCUT2D eigenvalue weighted by atomic mass is 10.3. The molecule has 2 aromatic rings. The van der Waals surface area contributed by atoms with Crippen LogP contribution in [0.4, 0.5) is 0 Å². The summed E-state index contributed by atoms with van der Waals surface area (Å²) in [5.74, 6) is 0.268. The first-order valence-corrected chi connectivity index (χ1v) is 5.13. The number of Topliss-reactive ketones (excluding diaryl/α,β-unsaturated/α-hetero) is 1. The molecule has 0 spiro atoms. The molecule has 0 N–H and O–H groups in total. The number of ketones is 1. The average molecular weight is 220 g/mol. The van der Waals surface area contributed by atoms with Crippen molar-refractivity contribution in [3.8, 4) is 0 Å². The molecule has 15 heavy (non-hydrogen) atoms. The number of carbonyl (C=O) groups excluding carboxylic acids is 1. The zero-order valence-electron chi connectivity index (χ0n) is 8.01. The van der Waals surface area contributed by atoms with Crippen LogP contribution in [0.25, 0.3) is 0 Å². The molecule has 0 saturated carbocycles. The third kappa shape index (κ3) is 2.44. The highest BCUT2D eigenvalue weighted by atomic mass is 32.2. The van der Waals surface area contributed by atoms with Crippen molar-refractivity contribution >= 4 is 17.5 Å². The summed E-state index contributed by atoms with van der Waals surface area (Å²) < 4.78 is 5.28. The molecule has 4 nitrogen and oxygen atoms in total. The van der Waals surface area contributed by atoms with Crippen LogP contribution in [-0.2, 0) is 0 Å². The van der Waals surface area contributed by atoms with Crippen LogP contribution >= 0.6 is 11.8 Å². The third-order valence-corrected chi connectivity index (χ3v) is 2.48. The molecule has 0 fully saturated rings. The molecule has 2 heterocycles. The Morgan fingerprint density at radius 1 is 1.33 bits per heavy atom. The largest absolute Gasteiger partial charge is 0.446 e. The fourth-order valence-corrected chi connectivity index (χ4v) is 1.67. The molecule has 0 amide bonds. The highest BCUT2D eigenvalue weighted by molar-refractivity contribution is 7.99. The quantitative estimate of drug-likeness (QED) is 0.587. The van der Waals surface area contributed by atoms with Crippen LogP contribution < -0.4 is 0 Å². The van der Waals surface area contributed by atoms with Crippen molar-refractivity contribution in [1.82, 2.24) is 9.97 Å². The second-order valence-electron chi connectivity index (χ2n) is 2.81. The van der Waals surface area contributed by atoms with E-state index in [2.05, 4.69) is 9.97 Å². The highest BCUT2D eigenvalue weighted by Gasteiger charge is 2.08. The van der Waals surface area contributed by atoms with Crippen molar-refractivity contribution < 1.29 is 9.21 Å². The van der Waals surface area contributed by atoms with Gasteiger partial charge in [-0.15, -0.1) is 0 Å². The summed E-state index contributed by atoms with van der Waals surface area (Å²) in [6.45, 7) is 1.46. The summed E-state index contributed by atoms with van der Waals surface area (Å²) in [5, 5.41) is 1.22. The summed E-state index contributed by atoms with van der Waals surface area (Å²) in [4.78, 5) is 19.0. The SMILES string of the molecule is CC(=O)c1ccc(Sc2ncccn2)o1. The maximum atomic E-state index is 11.0. The van der Waals surface area contributed by atoms with E-state index >= 15 is 0 Å². The molecule has 0 aliphatic rings. The second kappa shape index (κ2) is 4.27. The maximum absolute atomic E-state index is 11.0. The normalized spacial score (nSPS) is 10.2. The van der Waals surface area contributed by atoms with Crippen LogP contribution in [0.1, 0.15) is 17.5 Å². The predicted octanol–water partition coefficient (Wildman–Crippen LogP) is 2.42. The summed E-state index contributed by atoms with van der Waals surface area (Å²) in [6, 6.07) is 5.12. The fraction of sp³-hybridized carbons (Fsp3) is 0.100. The van der Waals surface area contributed by atoms with Crippen LogP contribution in [-0.4, -0.2) is 15.8 Å². The Morgan fingerprint density at radius 3 is 2.67 bits per heavy atom. The number of furan rings is 1. The first-order chi connectivity index (χ1) is 7.25. The van der Waals surface area contributed by atoms with E-state index < -0.39 is 0 Å². The Bertz CT molecular complexity index is 467. The van der Waals surface area contributed by atoms with E-state index in [9.17, 15) is 4.79 Å². The minimum atomic E-state index is -0.0872. The average Bonchev–Trinajstić information content (AvgIpc) is 2.68. The van der Waals surface area contributed by atoms with Gasteiger partial charge in [0.25, 0.3) is 0 Å². The number of aromatic nitrogens is 2. The summed E-state index contributed by atoms with van der Waals surface area (Å²) in [5.41, 5.74) is 0. The molecular weight excluding hydrogens is 212 g/mol. The van der Waals surface area contributed by atoms with E-state index in [1.54, 1.807) is 30.6 Å². The van der Waals surface area contributed by atoms with Gasteiger partial charge >= 0.3 is 0 Å². The molecule has 0 aromatic carbocycles. The van der Waals surface area contributed by atoms with Crippen molar-refractivity contribution in [2.24, 2.45) is 0 Å². The topological polar surface area (TPSA) is 56.0 Å². The van der Waals surface area contributed by atoms with E-state index in [0.717, 1.165) is 0 Å². The Morgan fingerprint density at radius 2 is 2.07 bits per heavy atom. The highest BCUT2D eigenvalue weighted by Crippen LogP contribution is 2.25. The van der Waals surface area contributed by atoms with Gasteiger partial charge in [-0.25, -0.2) is 9.97 Å². The summed E-state index contributed by atoms with van der Waals surface area (Å²) in [7, 11) is 0. The van der Waals surface area contributed by atoms with Crippen LogP contribution in [0.3, 0.4) is 0 Å². The van der Waals surface area contributed by atoms with E-state index in [0.29, 0.717) is 16.0 Å². The van der Waals surface area contributed by atoms with E-state index in [-0.39, 0.29) is 5.78 Å². The van der Waals surface area contributed by atoms with Gasteiger partial charge in [0.15, 0.2) is 21.8 Å². The van der Waals surface area contributed by atoms with Crippen LogP contribution in [0.15, 0.2) is 45.3 Å². The van der Waals surface area contributed by atoms with Crippen LogP contribution in [0.2, 0.25) is 0 Å². The molecule has 2 rings (SSSR count). The van der Waals surface area contributed by atoms with Gasteiger partial charge in [-0.3, -0.25) is 4.79 Å². The van der Waals surface area contributed by atoms with Gasteiger partial charge in [-0.05, 0) is 30.0 Å². The number of rotatable bonds is 3. The van der Waals surface area contributed by atoms with Crippen molar-refractivity contribution in [1.29, 1.82) is 0 Å². The van der Waals surface area contributed by atoms with Gasteiger partial charge in [0.2, 0.25) is 0 Å². The van der Waals surface area contributed by atoms with Crippen molar-refractivity contribution in [2.45, 2.75) is 17.2 Å². The first-order valence-electron chi connectivity index (χ1n) is 4.31. The van der Waals surface area contributed by atoms with E-state index in [1.807, 2.05) is 0 Å². The summed E-state index contributed by atoms with van der Waals surface area (Å²) >= 11 is 1.28. The zero-order valence-corrected chi connectivity index (χ0v) is 8.82. The predicted molar refractivity (Wildman–Crippen MR) is 54.9 cm³/mol. The Hall–Kier alpha value is -1.62. The number of hydrogen-bond donors (Lipinski definition) is 0. The molecular formula is C10H8N2O2S.